The molecule has 0 atom stereocenters. The van der Waals surface area contributed by atoms with Crippen LogP contribution in [-0.4, -0.2) is 19.2 Å². The minimum absolute atomic E-state index is 0.339. The van der Waals surface area contributed by atoms with Crippen molar-refractivity contribution in [3.05, 3.63) is 29.8 Å². The summed E-state index contributed by atoms with van der Waals surface area (Å²) in [4.78, 5) is 11.7. The molecule has 96 valence electrons. The Balaban J connectivity index is 2.49. The lowest BCUT2D eigenvalue weighted by Crippen LogP contribution is -2.06. The quantitative estimate of drug-likeness (QED) is 0.421. The van der Waals surface area contributed by atoms with Crippen molar-refractivity contribution < 1.29 is 14.3 Å². The van der Waals surface area contributed by atoms with Crippen molar-refractivity contribution in [2.24, 2.45) is 0 Å². The van der Waals surface area contributed by atoms with Gasteiger partial charge in [0, 0.05) is 6.42 Å². The molecular weight excluding hydrogens is 228 g/mol. The zero-order chi connectivity index (χ0) is 13.2. The van der Waals surface area contributed by atoms with Crippen LogP contribution in [0.5, 0.6) is 5.75 Å². The number of hydrogen-bond acceptors (Lipinski definition) is 3. The highest BCUT2D eigenvalue weighted by atomic mass is 16.5. The molecule has 0 saturated heterocycles. The van der Waals surface area contributed by atoms with Crippen LogP contribution in [0, 0.1) is 12.3 Å². The predicted molar refractivity (Wildman–Crippen MR) is 70.6 cm³/mol. The Labute approximate surface area is 108 Å². The molecule has 18 heavy (non-hydrogen) atoms. The van der Waals surface area contributed by atoms with E-state index in [4.69, 9.17) is 15.9 Å². The monoisotopic (exact) mass is 246 g/mol. The SMILES string of the molecule is C#CCCCOC(=O)c1cccc(OCCC)c1. The summed E-state index contributed by atoms with van der Waals surface area (Å²) in [6.45, 7) is 3.02. The second-order valence-electron chi connectivity index (χ2n) is 3.82. The first-order valence-corrected chi connectivity index (χ1v) is 6.11. The van der Waals surface area contributed by atoms with E-state index in [1.807, 2.05) is 13.0 Å². The smallest absolute Gasteiger partial charge is 0.338 e. The van der Waals surface area contributed by atoms with Crippen molar-refractivity contribution >= 4 is 5.97 Å². The summed E-state index contributed by atoms with van der Waals surface area (Å²) in [6, 6.07) is 7.01. The number of benzene rings is 1. The van der Waals surface area contributed by atoms with Crippen LogP contribution in [0.15, 0.2) is 24.3 Å². The van der Waals surface area contributed by atoms with Gasteiger partial charge in [0.25, 0.3) is 0 Å². The van der Waals surface area contributed by atoms with Gasteiger partial charge < -0.3 is 9.47 Å². The highest BCUT2D eigenvalue weighted by Gasteiger charge is 2.07. The van der Waals surface area contributed by atoms with E-state index in [0.717, 1.165) is 6.42 Å². The Morgan fingerprint density at radius 1 is 1.39 bits per heavy atom. The normalized spacial score (nSPS) is 9.56. The van der Waals surface area contributed by atoms with Crippen LogP contribution >= 0.6 is 0 Å². The first-order chi connectivity index (χ1) is 8.77. The van der Waals surface area contributed by atoms with Crippen LogP contribution in [0.3, 0.4) is 0 Å². The standard InChI is InChI=1S/C15H18O3/c1-3-5-6-11-18-15(16)13-8-7-9-14(12-13)17-10-4-2/h1,7-9,12H,4-6,10-11H2,2H3. The maximum atomic E-state index is 11.7. The van der Waals surface area contributed by atoms with Crippen molar-refractivity contribution in [1.29, 1.82) is 0 Å². The fraction of sp³-hybridized carbons (Fsp3) is 0.400. The topological polar surface area (TPSA) is 35.5 Å². The lowest BCUT2D eigenvalue weighted by atomic mass is 10.2. The zero-order valence-electron chi connectivity index (χ0n) is 10.6. The summed E-state index contributed by atoms with van der Waals surface area (Å²) < 4.78 is 10.6. The van der Waals surface area contributed by atoms with Gasteiger partial charge >= 0.3 is 5.97 Å². The number of carbonyl (C=O) groups is 1. The van der Waals surface area contributed by atoms with Crippen LogP contribution in [0.4, 0.5) is 0 Å². The molecule has 0 aliphatic rings. The van der Waals surface area contributed by atoms with Gasteiger partial charge in [0.2, 0.25) is 0 Å². The molecule has 0 N–H and O–H groups in total. The lowest BCUT2D eigenvalue weighted by Gasteiger charge is -2.07. The number of unbranched alkanes of at least 4 members (excludes halogenated alkanes) is 1. The van der Waals surface area contributed by atoms with Crippen LogP contribution in [0.1, 0.15) is 36.5 Å². The molecule has 1 aromatic carbocycles. The lowest BCUT2D eigenvalue weighted by molar-refractivity contribution is 0.0501. The fourth-order valence-corrected chi connectivity index (χ4v) is 1.36. The van der Waals surface area contributed by atoms with Crippen molar-refractivity contribution in [3.63, 3.8) is 0 Å². The molecular formula is C15H18O3. The second kappa shape index (κ2) is 8.19. The molecule has 0 unspecified atom stereocenters. The first kappa shape index (κ1) is 14.1. The van der Waals surface area contributed by atoms with Gasteiger partial charge in [-0.3, -0.25) is 0 Å². The van der Waals surface area contributed by atoms with Crippen LogP contribution in [0.2, 0.25) is 0 Å². The van der Waals surface area contributed by atoms with Crippen LogP contribution in [-0.2, 0) is 4.74 Å². The molecule has 0 aliphatic carbocycles. The van der Waals surface area contributed by atoms with Gasteiger partial charge in [-0.2, -0.15) is 0 Å². The Morgan fingerprint density at radius 2 is 2.22 bits per heavy atom. The van der Waals surface area contributed by atoms with Gasteiger partial charge in [-0.25, -0.2) is 4.79 Å². The number of esters is 1. The average Bonchev–Trinajstić information content (AvgIpc) is 2.41. The molecule has 0 radical (unpaired) electrons. The maximum absolute atomic E-state index is 11.7. The van der Waals surface area contributed by atoms with Gasteiger partial charge in [-0.1, -0.05) is 13.0 Å². The Hall–Kier alpha value is -1.95. The summed E-state index contributed by atoms with van der Waals surface area (Å²) in [5.41, 5.74) is 0.504. The van der Waals surface area contributed by atoms with Gasteiger partial charge in [-0.15, -0.1) is 12.3 Å². The number of rotatable bonds is 7. The fourth-order valence-electron chi connectivity index (χ4n) is 1.36. The van der Waals surface area contributed by atoms with E-state index < -0.39 is 0 Å². The number of ether oxygens (including phenoxy) is 2. The van der Waals surface area contributed by atoms with Crippen molar-refractivity contribution in [2.75, 3.05) is 13.2 Å². The van der Waals surface area contributed by atoms with Gasteiger partial charge in [0.1, 0.15) is 5.75 Å². The molecule has 0 bridgehead atoms. The van der Waals surface area contributed by atoms with E-state index >= 15 is 0 Å². The van der Waals surface area contributed by atoms with E-state index in [-0.39, 0.29) is 5.97 Å². The molecule has 0 saturated carbocycles. The molecule has 0 aromatic heterocycles. The van der Waals surface area contributed by atoms with Crippen molar-refractivity contribution in [3.8, 4) is 18.1 Å². The molecule has 0 aliphatic heterocycles. The Kier molecular flexibility index (Phi) is 6.42. The van der Waals surface area contributed by atoms with Gasteiger partial charge in [-0.05, 0) is 31.0 Å². The third kappa shape index (κ3) is 4.92. The molecule has 0 amide bonds. The number of terminal acetylenes is 1. The molecule has 0 spiro atoms. The average molecular weight is 246 g/mol. The van der Waals surface area contributed by atoms with Gasteiger partial charge in [0.15, 0.2) is 0 Å². The summed E-state index contributed by atoms with van der Waals surface area (Å²) in [6.07, 6.45) is 7.35. The van der Waals surface area contributed by atoms with E-state index in [2.05, 4.69) is 5.92 Å². The predicted octanol–water partition coefficient (Wildman–Crippen LogP) is 3.05. The molecule has 3 nitrogen and oxygen atoms in total. The highest BCUT2D eigenvalue weighted by molar-refractivity contribution is 5.89. The molecule has 0 fully saturated rings. The molecule has 1 rings (SSSR count). The van der Waals surface area contributed by atoms with Crippen LogP contribution < -0.4 is 4.74 Å². The van der Waals surface area contributed by atoms with Gasteiger partial charge in [0.05, 0.1) is 18.8 Å². The Bertz CT molecular complexity index is 418. The minimum Gasteiger partial charge on any atom is -0.494 e. The number of hydrogen-bond donors (Lipinski definition) is 0. The number of carbonyl (C=O) groups excluding carboxylic acids is 1. The Morgan fingerprint density at radius 3 is 2.94 bits per heavy atom. The van der Waals surface area contributed by atoms with E-state index in [0.29, 0.717) is 37.4 Å². The zero-order valence-corrected chi connectivity index (χ0v) is 10.6. The molecule has 3 heteroatoms. The summed E-state index contributed by atoms with van der Waals surface area (Å²) in [5.74, 6) is 2.85. The maximum Gasteiger partial charge on any atom is 0.338 e. The van der Waals surface area contributed by atoms with E-state index in [1.165, 1.54) is 0 Å². The first-order valence-electron chi connectivity index (χ1n) is 6.11. The summed E-state index contributed by atoms with van der Waals surface area (Å²) in [5, 5.41) is 0. The van der Waals surface area contributed by atoms with E-state index in [9.17, 15) is 4.79 Å². The van der Waals surface area contributed by atoms with Crippen molar-refractivity contribution in [2.45, 2.75) is 26.2 Å². The highest BCUT2D eigenvalue weighted by Crippen LogP contribution is 2.14. The summed E-state index contributed by atoms with van der Waals surface area (Å²) in [7, 11) is 0. The van der Waals surface area contributed by atoms with Crippen molar-refractivity contribution in [1.82, 2.24) is 0 Å². The largest absolute Gasteiger partial charge is 0.494 e. The minimum atomic E-state index is -0.339. The summed E-state index contributed by atoms with van der Waals surface area (Å²) >= 11 is 0. The third-order valence-corrected chi connectivity index (χ3v) is 2.24. The van der Waals surface area contributed by atoms with E-state index in [1.54, 1.807) is 18.2 Å². The third-order valence-electron chi connectivity index (χ3n) is 2.24. The second-order valence-corrected chi connectivity index (χ2v) is 3.82. The van der Waals surface area contributed by atoms with Crippen LogP contribution in [0.25, 0.3) is 0 Å². The molecule has 1 aromatic rings. The molecule has 0 heterocycles.